The maximum Gasteiger partial charge on any atom is 0.307 e. The van der Waals surface area contributed by atoms with Gasteiger partial charge in [-0.05, 0) is 6.92 Å². The normalized spacial score (nSPS) is 11.2. The molecule has 1 aromatic carbocycles. The van der Waals surface area contributed by atoms with E-state index >= 15 is 0 Å². The summed E-state index contributed by atoms with van der Waals surface area (Å²) in [5.74, 6) is -0.951. The summed E-state index contributed by atoms with van der Waals surface area (Å²) < 4.78 is 9.60. The largest absolute Gasteiger partial charge is 0.504 e. The Bertz CT molecular complexity index is 523. The van der Waals surface area contributed by atoms with Gasteiger partial charge in [0.1, 0.15) is 0 Å². The highest BCUT2D eigenvalue weighted by Gasteiger charge is 2.23. The van der Waals surface area contributed by atoms with E-state index in [0.717, 1.165) is 12.1 Å². The van der Waals surface area contributed by atoms with Crippen molar-refractivity contribution in [2.75, 3.05) is 13.7 Å². The fourth-order valence-corrected chi connectivity index (χ4v) is 1.67. The molecule has 0 aliphatic rings. The molecule has 0 aliphatic carbocycles. The van der Waals surface area contributed by atoms with Crippen LogP contribution in [0.4, 0.5) is 5.69 Å². The van der Waals surface area contributed by atoms with Crippen molar-refractivity contribution in [2.45, 2.75) is 19.4 Å². The first-order valence-corrected chi connectivity index (χ1v) is 5.87. The Morgan fingerprint density at radius 3 is 2.62 bits per heavy atom. The number of carbonyl (C=O) groups is 1. The van der Waals surface area contributed by atoms with Crippen molar-refractivity contribution in [1.29, 1.82) is 0 Å². The monoisotopic (exact) mass is 320 g/mol. The van der Waals surface area contributed by atoms with Gasteiger partial charge in [0, 0.05) is 17.7 Å². The molecule has 21 heavy (non-hydrogen) atoms. The molecule has 118 valence electrons. The number of phenols is 1. The van der Waals surface area contributed by atoms with Crippen LogP contribution in [0.3, 0.4) is 0 Å². The molecule has 0 saturated carbocycles. The fourth-order valence-electron chi connectivity index (χ4n) is 1.67. The summed E-state index contributed by atoms with van der Waals surface area (Å²) in [6, 6.07) is 1.26. The van der Waals surface area contributed by atoms with Crippen LogP contribution in [0.5, 0.6) is 11.5 Å². The number of phenolic OH excluding ortho intramolecular Hbond substituents is 1. The van der Waals surface area contributed by atoms with Gasteiger partial charge in [0.05, 0.1) is 31.1 Å². The molecule has 3 N–H and O–H groups in total. The summed E-state index contributed by atoms with van der Waals surface area (Å²) in [4.78, 5) is 21.5. The number of nitrogens with two attached hydrogens (primary N) is 1. The Hall–Kier alpha value is -2.06. The lowest BCUT2D eigenvalue weighted by atomic mass is 10.0. The third-order valence-electron chi connectivity index (χ3n) is 2.61. The maximum atomic E-state index is 11.4. The Balaban J connectivity index is 0.00000400. The summed E-state index contributed by atoms with van der Waals surface area (Å²) in [5, 5.41) is 20.7. The Morgan fingerprint density at radius 1 is 1.52 bits per heavy atom. The number of non-ortho nitro benzene ring substituents is 1. The Labute approximate surface area is 127 Å². The highest BCUT2D eigenvalue weighted by atomic mass is 35.5. The predicted molar refractivity (Wildman–Crippen MR) is 76.7 cm³/mol. The molecule has 8 nitrogen and oxygen atoms in total. The highest BCUT2D eigenvalue weighted by Crippen LogP contribution is 2.37. The molecule has 0 unspecified atom stereocenters. The molecule has 1 rings (SSSR count). The Kier molecular flexibility index (Phi) is 7.46. The zero-order valence-corrected chi connectivity index (χ0v) is 12.4. The number of nitro benzene ring substituents is 1. The molecule has 0 bridgehead atoms. The second-order valence-electron chi connectivity index (χ2n) is 3.96. The molecule has 1 aromatic rings. The van der Waals surface area contributed by atoms with Crippen molar-refractivity contribution in [1.82, 2.24) is 0 Å². The fraction of sp³-hybridized carbons (Fsp3) is 0.417. The summed E-state index contributed by atoms with van der Waals surface area (Å²) >= 11 is 0. The molecule has 1 atom stereocenters. The first kappa shape index (κ1) is 18.9. The van der Waals surface area contributed by atoms with E-state index in [0.29, 0.717) is 0 Å². The topological polar surface area (TPSA) is 125 Å². The SMILES string of the molecule is CCOC(=O)C[C@@H](N)c1cc([N+](=O)[O-])cc(OC)c1O.Cl. The zero-order valence-electron chi connectivity index (χ0n) is 11.6. The predicted octanol–water partition coefficient (Wildman–Crippen LogP) is 1.68. The first-order valence-electron chi connectivity index (χ1n) is 5.87. The van der Waals surface area contributed by atoms with Crippen LogP contribution in [0.1, 0.15) is 24.9 Å². The smallest absolute Gasteiger partial charge is 0.307 e. The van der Waals surface area contributed by atoms with Gasteiger partial charge in [0.25, 0.3) is 5.69 Å². The minimum absolute atomic E-state index is 0. The minimum Gasteiger partial charge on any atom is -0.504 e. The summed E-state index contributed by atoms with van der Waals surface area (Å²) in [7, 11) is 1.26. The van der Waals surface area contributed by atoms with Crippen LogP contribution in [-0.4, -0.2) is 29.7 Å². The van der Waals surface area contributed by atoms with Crippen LogP contribution in [0.15, 0.2) is 12.1 Å². The van der Waals surface area contributed by atoms with Gasteiger partial charge < -0.3 is 20.3 Å². The van der Waals surface area contributed by atoms with E-state index in [1.165, 1.54) is 7.11 Å². The van der Waals surface area contributed by atoms with Gasteiger partial charge in [-0.15, -0.1) is 12.4 Å². The number of halogens is 1. The van der Waals surface area contributed by atoms with Gasteiger partial charge in [-0.1, -0.05) is 0 Å². The number of nitro groups is 1. The number of rotatable bonds is 6. The molecule has 0 saturated heterocycles. The highest BCUT2D eigenvalue weighted by molar-refractivity contribution is 5.85. The van der Waals surface area contributed by atoms with Gasteiger partial charge in [-0.3, -0.25) is 14.9 Å². The lowest BCUT2D eigenvalue weighted by Gasteiger charge is -2.14. The van der Waals surface area contributed by atoms with Crippen LogP contribution in [0.2, 0.25) is 0 Å². The standard InChI is InChI=1S/C12H16N2O6.ClH/c1-3-20-11(15)6-9(13)8-4-7(14(17)18)5-10(19-2)12(8)16;/h4-5,9,16H,3,6,13H2,1-2H3;1H/t9-;/m1./s1. The van der Waals surface area contributed by atoms with Gasteiger partial charge >= 0.3 is 5.97 Å². The van der Waals surface area contributed by atoms with Crippen molar-refractivity contribution >= 4 is 24.1 Å². The average molecular weight is 321 g/mol. The molecule has 9 heteroatoms. The lowest BCUT2D eigenvalue weighted by Crippen LogP contribution is -2.17. The number of esters is 1. The van der Waals surface area contributed by atoms with E-state index in [2.05, 4.69) is 0 Å². The molecule has 0 spiro atoms. The number of ether oxygens (including phenoxy) is 2. The second-order valence-corrected chi connectivity index (χ2v) is 3.96. The third-order valence-corrected chi connectivity index (χ3v) is 2.61. The zero-order chi connectivity index (χ0) is 15.3. The molecule has 0 heterocycles. The molecule has 0 fully saturated rings. The van der Waals surface area contributed by atoms with Gasteiger partial charge in [-0.2, -0.15) is 0 Å². The van der Waals surface area contributed by atoms with Crippen molar-refractivity contribution in [2.24, 2.45) is 5.73 Å². The van der Waals surface area contributed by atoms with Crippen LogP contribution in [0, 0.1) is 10.1 Å². The Morgan fingerprint density at radius 2 is 2.14 bits per heavy atom. The second kappa shape index (κ2) is 8.28. The average Bonchev–Trinajstić information content (AvgIpc) is 2.38. The maximum absolute atomic E-state index is 11.4. The number of benzene rings is 1. The number of nitrogens with zero attached hydrogens (tertiary/aromatic N) is 1. The molecular weight excluding hydrogens is 304 g/mol. The number of methoxy groups -OCH3 is 1. The molecule has 0 aliphatic heterocycles. The quantitative estimate of drug-likeness (QED) is 0.464. The summed E-state index contributed by atoms with van der Waals surface area (Å²) in [6.45, 7) is 1.85. The van der Waals surface area contributed by atoms with Crippen LogP contribution >= 0.6 is 12.4 Å². The molecule has 0 amide bonds. The van der Waals surface area contributed by atoms with E-state index in [4.69, 9.17) is 15.2 Å². The van der Waals surface area contributed by atoms with Crippen LogP contribution < -0.4 is 10.5 Å². The molecule has 0 radical (unpaired) electrons. The van der Waals surface area contributed by atoms with Crippen LogP contribution in [-0.2, 0) is 9.53 Å². The van der Waals surface area contributed by atoms with E-state index in [9.17, 15) is 20.0 Å². The van der Waals surface area contributed by atoms with E-state index in [-0.39, 0.29) is 48.2 Å². The molecular formula is C12H17ClN2O6. The lowest BCUT2D eigenvalue weighted by molar-refractivity contribution is -0.385. The number of hydrogen-bond acceptors (Lipinski definition) is 7. The number of aromatic hydroxyl groups is 1. The first-order chi connectivity index (χ1) is 9.40. The van der Waals surface area contributed by atoms with E-state index in [1.54, 1.807) is 6.92 Å². The van der Waals surface area contributed by atoms with Gasteiger partial charge in [0.2, 0.25) is 0 Å². The summed E-state index contributed by atoms with van der Waals surface area (Å²) in [5.41, 5.74) is 5.56. The minimum atomic E-state index is -0.928. The van der Waals surface area contributed by atoms with Crippen molar-refractivity contribution < 1.29 is 24.3 Å². The molecule has 0 aromatic heterocycles. The van der Waals surface area contributed by atoms with E-state index < -0.39 is 16.9 Å². The van der Waals surface area contributed by atoms with Crippen LogP contribution in [0.25, 0.3) is 0 Å². The summed E-state index contributed by atoms with van der Waals surface area (Å²) in [6.07, 6.45) is -0.203. The van der Waals surface area contributed by atoms with E-state index in [1.807, 2.05) is 0 Å². The number of hydrogen-bond donors (Lipinski definition) is 2. The van der Waals surface area contributed by atoms with Crippen molar-refractivity contribution in [3.8, 4) is 11.5 Å². The van der Waals surface area contributed by atoms with Gasteiger partial charge in [0.15, 0.2) is 11.5 Å². The van der Waals surface area contributed by atoms with Crippen molar-refractivity contribution in [3.05, 3.63) is 27.8 Å². The third kappa shape index (κ3) is 4.76. The van der Waals surface area contributed by atoms with Gasteiger partial charge in [-0.25, -0.2) is 0 Å². The van der Waals surface area contributed by atoms with Crippen molar-refractivity contribution in [3.63, 3.8) is 0 Å². The number of carbonyl (C=O) groups excluding carboxylic acids is 1.